The van der Waals surface area contributed by atoms with Crippen molar-refractivity contribution in [1.82, 2.24) is 0 Å². The fraction of sp³-hybridized carbons (Fsp3) is 0.250. The average molecular weight is 185 g/mol. The minimum Gasteiger partial charge on any atom is -0.495 e. The van der Waals surface area contributed by atoms with Crippen molar-refractivity contribution in [2.75, 3.05) is 18.1 Å². The zero-order chi connectivity index (χ0) is 8.97. The monoisotopic (exact) mass is 185 g/mol. The van der Waals surface area contributed by atoms with Gasteiger partial charge in [0, 0.05) is 6.26 Å². The number of hydrogen-bond acceptors (Lipinski definition) is 2. The number of benzene rings is 1. The molecule has 1 N–H and O–H groups in total. The standard InChI is InChI=1S/C8H11NO2S/c1-11-8-6-4-3-5-7(8)9-12(2)10/h3-6,9H,1-2H3. The molecule has 0 saturated carbocycles. The fourth-order valence-corrected chi connectivity index (χ4v) is 1.36. The van der Waals surface area contributed by atoms with Crippen LogP contribution in [-0.4, -0.2) is 17.6 Å². The lowest BCUT2D eigenvalue weighted by Crippen LogP contribution is -2.02. The van der Waals surface area contributed by atoms with Crippen LogP contribution >= 0.6 is 0 Å². The molecule has 0 aliphatic carbocycles. The molecule has 3 nitrogen and oxygen atoms in total. The Hall–Kier alpha value is -1.03. The average Bonchev–Trinajstić information content (AvgIpc) is 2.04. The summed E-state index contributed by atoms with van der Waals surface area (Å²) in [6.07, 6.45) is 1.58. The largest absolute Gasteiger partial charge is 0.495 e. The highest BCUT2D eigenvalue weighted by Gasteiger charge is 2.00. The highest BCUT2D eigenvalue weighted by Crippen LogP contribution is 2.22. The van der Waals surface area contributed by atoms with E-state index in [-0.39, 0.29) is 0 Å². The second kappa shape index (κ2) is 4.11. The van der Waals surface area contributed by atoms with Gasteiger partial charge in [0.15, 0.2) is 0 Å². The van der Waals surface area contributed by atoms with E-state index in [4.69, 9.17) is 4.74 Å². The van der Waals surface area contributed by atoms with E-state index < -0.39 is 11.0 Å². The van der Waals surface area contributed by atoms with Gasteiger partial charge in [-0.2, -0.15) is 0 Å². The second-order valence-corrected chi connectivity index (χ2v) is 3.37. The maximum atomic E-state index is 10.8. The van der Waals surface area contributed by atoms with Crippen LogP contribution in [0.4, 0.5) is 5.69 Å². The highest BCUT2D eigenvalue weighted by molar-refractivity contribution is 7.85. The number of para-hydroxylation sites is 2. The van der Waals surface area contributed by atoms with E-state index in [1.165, 1.54) is 0 Å². The Kier molecular flexibility index (Phi) is 3.10. The first-order chi connectivity index (χ1) is 5.74. The van der Waals surface area contributed by atoms with Gasteiger partial charge in [0.1, 0.15) is 16.7 Å². The Morgan fingerprint density at radius 2 is 2.08 bits per heavy atom. The minimum atomic E-state index is -1.06. The van der Waals surface area contributed by atoms with Crippen LogP contribution in [0.2, 0.25) is 0 Å². The van der Waals surface area contributed by atoms with E-state index in [0.717, 1.165) is 5.69 Å². The van der Waals surface area contributed by atoms with Crippen LogP contribution in [0.1, 0.15) is 0 Å². The summed E-state index contributed by atoms with van der Waals surface area (Å²) in [5.74, 6) is 0.702. The van der Waals surface area contributed by atoms with Gasteiger partial charge in [0.05, 0.1) is 12.8 Å². The van der Waals surface area contributed by atoms with E-state index in [9.17, 15) is 4.21 Å². The van der Waals surface area contributed by atoms with Gasteiger partial charge in [-0.1, -0.05) is 12.1 Å². The van der Waals surface area contributed by atoms with Crippen LogP contribution in [0.25, 0.3) is 0 Å². The summed E-state index contributed by atoms with van der Waals surface area (Å²) in [7, 11) is 0.524. The van der Waals surface area contributed by atoms with Crippen LogP contribution in [0.3, 0.4) is 0 Å². The molecular formula is C8H11NO2S. The first kappa shape index (κ1) is 9.06. The van der Waals surface area contributed by atoms with Gasteiger partial charge >= 0.3 is 0 Å². The molecule has 12 heavy (non-hydrogen) atoms. The predicted octanol–water partition coefficient (Wildman–Crippen LogP) is 1.40. The Morgan fingerprint density at radius 3 is 2.67 bits per heavy atom. The lowest BCUT2D eigenvalue weighted by atomic mass is 10.3. The molecule has 0 aromatic heterocycles. The van der Waals surface area contributed by atoms with Crippen molar-refractivity contribution in [3.8, 4) is 5.75 Å². The summed E-state index contributed by atoms with van der Waals surface area (Å²) in [4.78, 5) is 0. The van der Waals surface area contributed by atoms with Crippen molar-refractivity contribution in [1.29, 1.82) is 0 Å². The van der Waals surface area contributed by atoms with Gasteiger partial charge in [-0.25, -0.2) is 4.21 Å². The number of hydrogen-bond donors (Lipinski definition) is 1. The molecule has 0 amide bonds. The third-order valence-corrected chi connectivity index (χ3v) is 1.87. The van der Waals surface area contributed by atoms with Crippen LogP contribution in [-0.2, 0) is 11.0 Å². The van der Waals surface area contributed by atoms with E-state index in [1.807, 2.05) is 24.3 Å². The Morgan fingerprint density at radius 1 is 1.42 bits per heavy atom. The quantitative estimate of drug-likeness (QED) is 0.773. The van der Waals surface area contributed by atoms with Gasteiger partial charge in [-0.3, -0.25) is 0 Å². The summed E-state index contributed by atoms with van der Waals surface area (Å²) in [6, 6.07) is 7.36. The topological polar surface area (TPSA) is 38.3 Å². The zero-order valence-corrected chi connectivity index (χ0v) is 7.85. The van der Waals surface area contributed by atoms with Crippen LogP contribution in [0, 0.1) is 0 Å². The van der Waals surface area contributed by atoms with E-state index in [2.05, 4.69) is 4.72 Å². The number of anilines is 1. The highest BCUT2D eigenvalue weighted by atomic mass is 32.2. The molecule has 4 heteroatoms. The molecule has 66 valence electrons. The van der Waals surface area contributed by atoms with Crippen LogP contribution in [0.15, 0.2) is 24.3 Å². The van der Waals surface area contributed by atoms with Crippen molar-refractivity contribution in [3.05, 3.63) is 24.3 Å². The zero-order valence-electron chi connectivity index (χ0n) is 7.03. The Labute approximate surface area is 74.3 Å². The van der Waals surface area contributed by atoms with Gasteiger partial charge in [-0.15, -0.1) is 0 Å². The third-order valence-electron chi connectivity index (χ3n) is 1.36. The van der Waals surface area contributed by atoms with Crippen LogP contribution in [0.5, 0.6) is 5.75 Å². The minimum absolute atomic E-state index is 0.702. The number of ether oxygens (including phenoxy) is 1. The van der Waals surface area contributed by atoms with Gasteiger partial charge in [-0.05, 0) is 12.1 Å². The molecule has 0 heterocycles. The summed E-state index contributed by atoms with van der Waals surface area (Å²) in [6.45, 7) is 0. The first-order valence-corrected chi connectivity index (χ1v) is 5.03. The van der Waals surface area contributed by atoms with E-state index in [0.29, 0.717) is 5.75 Å². The van der Waals surface area contributed by atoms with Gasteiger partial charge < -0.3 is 9.46 Å². The molecule has 0 aliphatic heterocycles. The molecule has 0 saturated heterocycles. The molecule has 1 atom stereocenters. The number of methoxy groups -OCH3 is 1. The molecule has 0 fully saturated rings. The van der Waals surface area contributed by atoms with Crippen molar-refractivity contribution in [3.63, 3.8) is 0 Å². The lowest BCUT2D eigenvalue weighted by Gasteiger charge is -2.07. The van der Waals surface area contributed by atoms with Crippen molar-refractivity contribution < 1.29 is 8.95 Å². The van der Waals surface area contributed by atoms with E-state index >= 15 is 0 Å². The van der Waals surface area contributed by atoms with Gasteiger partial charge in [0.2, 0.25) is 0 Å². The molecule has 1 aromatic carbocycles. The summed E-state index contributed by atoms with van der Waals surface area (Å²) in [5.41, 5.74) is 0.751. The van der Waals surface area contributed by atoms with Crippen molar-refractivity contribution in [2.24, 2.45) is 0 Å². The SMILES string of the molecule is COc1ccccc1NS(C)=O. The number of rotatable bonds is 3. The number of nitrogens with one attached hydrogen (secondary N) is 1. The molecule has 0 radical (unpaired) electrons. The first-order valence-electron chi connectivity index (χ1n) is 3.47. The van der Waals surface area contributed by atoms with Gasteiger partial charge in [0.25, 0.3) is 0 Å². The lowest BCUT2D eigenvalue weighted by molar-refractivity contribution is 0.417. The van der Waals surface area contributed by atoms with Crippen molar-refractivity contribution >= 4 is 16.7 Å². The molecule has 1 unspecified atom stereocenters. The third kappa shape index (κ3) is 2.23. The second-order valence-electron chi connectivity index (χ2n) is 2.26. The predicted molar refractivity (Wildman–Crippen MR) is 50.7 cm³/mol. The summed E-state index contributed by atoms with van der Waals surface area (Å²) >= 11 is 0. The molecule has 0 aliphatic rings. The molecule has 1 aromatic rings. The van der Waals surface area contributed by atoms with Crippen molar-refractivity contribution in [2.45, 2.75) is 0 Å². The van der Waals surface area contributed by atoms with Crippen LogP contribution < -0.4 is 9.46 Å². The normalized spacial score (nSPS) is 12.2. The summed E-state index contributed by atoms with van der Waals surface area (Å²) in [5, 5.41) is 0. The maximum absolute atomic E-state index is 10.8. The molecular weight excluding hydrogens is 174 g/mol. The Bertz CT molecular complexity index is 288. The Balaban J connectivity index is 2.89. The van der Waals surface area contributed by atoms with E-state index in [1.54, 1.807) is 13.4 Å². The fourth-order valence-electron chi connectivity index (χ4n) is 0.884. The maximum Gasteiger partial charge on any atom is 0.142 e. The smallest absolute Gasteiger partial charge is 0.142 e. The molecule has 0 bridgehead atoms. The summed E-state index contributed by atoms with van der Waals surface area (Å²) < 4.78 is 18.6. The molecule has 0 spiro atoms. The molecule has 1 rings (SSSR count).